The molecule has 1 aliphatic heterocycles. The molecule has 2 unspecified atom stereocenters. The molecule has 1 aliphatic rings. The normalized spacial score (nSPS) is 16.2. The van der Waals surface area contributed by atoms with Gasteiger partial charge in [-0.2, -0.15) is 0 Å². The molecule has 2 atom stereocenters. The minimum Gasteiger partial charge on any atom is -0.486 e. The van der Waals surface area contributed by atoms with Gasteiger partial charge in [-0.25, -0.2) is 0 Å². The SMILES string of the molecule is CCN(CC1COc2ccccc2O1)C(=O)C(NC(=O)c1ccccc1)C(C)C. The van der Waals surface area contributed by atoms with Gasteiger partial charge in [0, 0.05) is 12.1 Å². The number of hydrogen-bond donors (Lipinski definition) is 1. The van der Waals surface area contributed by atoms with Gasteiger partial charge >= 0.3 is 0 Å². The lowest BCUT2D eigenvalue weighted by atomic mass is 10.0. The summed E-state index contributed by atoms with van der Waals surface area (Å²) in [5.74, 6) is 0.987. The third kappa shape index (κ3) is 5.08. The lowest BCUT2D eigenvalue weighted by Gasteiger charge is -2.33. The van der Waals surface area contributed by atoms with Crippen LogP contribution in [0.25, 0.3) is 0 Å². The molecule has 0 bridgehead atoms. The number of benzene rings is 2. The summed E-state index contributed by atoms with van der Waals surface area (Å²) >= 11 is 0. The van der Waals surface area contributed by atoms with E-state index in [0.29, 0.717) is 36.8 Å². The van der Waals surface area contributed by atoms with Crippen LogP contribution in [0.5, 0.6) is 11.5 Å². The van der Waals surface area contributed by atoms with Crippen LogP contribution in [0, 0.1) is 5.92 Å². The standard InChI is InChI=1S/C23H28N2O4/c1-4-25(14-18-15-28-19-12-8-9-13-20(19)29-18)23(27)21(16(2)3)24-22(26)17-10-6-5-7-11-17/h5-13,16,18,21H,4,14-15H2,1-3H3,(H,24,26). The Labute approximate surface area is 171 Å². The van der Waals surface area contributed by atoms with Crippen LogP contribution in [0.4, 0.5) is 0 Å². The highest BCUT2D eigenvalue weighted by molar-refractivity contribution is 5.97. The van der Waals surface area contributed by atoms with Gasteiger partial charge in [0.1, 0.15) is 12.6 Å². The summed E-state index contributed by atoms with van der Waals surface area (Å²) in [4.78, 5) is 27.5. The smallest absolute Gasteiger partial charge is 0.251 e. The zero-order valence-electron chi connectivity index (χ0n) is 17.1. The van der Waals surface area contributed by atoms with Crippen LogP contribution in [0.15, 0.2) is 54.6 Å². The zero-order valence-corrected chi connectivity index (χ0v) is 17.1. The predicted octanol–water partition coefficient (Wildman–Crippen LogP) is 3.13. The largest absolute Gasteiger partial charge is 0.486 e. The molecule has 6 nitrogen and oxygen atoms in total. The molecule has 0 saturated carbocycles. The highest BCUT2D eigenvalue weighted by Gasteiger charge is 2.31. The van der Waals surface area contributed by atoms with Crippen molar-refractivity contribution in [2.75, 3.05) is 19.7 Å². The molecule has 6 heteroatoms. The van der Waals surface area contributed by atoms with E-state index in [2.05, 4.69) is 5.32 Å². The minimum atomic E-state index is -0.612. The van der Waals surface area contributed by atoms with Crippen LogP contribution in [0.3, 0.4) is 0 Å². The molecule has 1 heterocycles. The summed E-state index contributed by atoms with van der Waals surface area (Å²) in [5, 5.41) is 2.90. The van der Waals surface area contributed by atoms with Crippen molar-refractivity contribution < 1.29 is 19.1 Å². The molecule has 0 spiro atoms. The Hall–Kier alpha value is -3.02. The molecule has 0 saturated heterocycles. The first-order valence-electron chi connectivity index (χ1n) is 10.0. The first-order valence-corrected chi connectivity index (χ1v) is 10.0. The number of rotatable bonds is 7. The summed E-state index contributed by atoms with van der Waals surface area (Å²) in [6, 6.07) is 15.8. The summed E-state index contributed by atoms with van der Waals surface area (Å²) in [5.41, 5.74) is 0.537. The lowest BCUT2D eigenvalue weighted by molar-refractivity contribution is -0.135. The van der Waals surface area contributed by atoms with Crippen molar-refractivity contribution >= 4 is 11.8 Å². The van der Waals surface area contributed by atoms with Crippen LogP contribution in [-0.4, -0.2) is 48.6 Å². The fraction of sp³-hybridized carbons (Fsp3) is 0.391. The molecule has 2 aromatic carbocycles. The number of hydrogen-bond acceptors (Lipinski definition) is 4. The quantitative estimate of drug-likeness (QED) is 0.781. The van der Waals surface area contributed by atoms with Crippen molar-refractivity contribution in [3.8, 4) is 11.5 Å². The molecule has 0 radical (unpaired) electrons. The molecular formula is C23H28N2O4. The van der Waals surface area contributed by atoms with Gasteiger partial charge in [-0.3, -0.25) is 9.59 Å². The van der Waals surface area contributed by atoms with Gasteiger partial charge in [-0.15, -0.1) is 0 Å². The fourth-order valence-corrected chi connectivity index (χ4v) is 3.30. The Kier molecular flexibility index (Phi) is 6.75. The number of amides is 2. The number of carbonyl (C=O) groups excluding carboxylic acids is 2. The fourth-order valence-electron chi connectivity index (χ4n) is 3.30. The Bertz CT molecular complexity index is 838. The second-order valence-corrected chi connectivity index (χ2v) is 7.44. The number of carbonyl (C=O) groups is 2. The van der Waals surface area contributed by atoms with Gasteiger partial charge in [0.15, 0.2) is 17.6 Å². The number of nitrogens with zero attached hydrogens (tertiary/aromatic N) is 1. The Morgan fingerprint density at radius 2 is 1.72 bits per heavy atom. The topological polar surface area (TPSA) is 67.9 Å². The Morgan fingerprint density at radius 1 is 1.07 bits per heavy atom. The average Bonchev–Trinajstić information content (AvgIpc) is 2.75. The maximum atomic E-state index is 13.2. The maximum Gasteiger partial charge on any atom is 0.251 e. The van der Waals surface area contributed by atoms with E-state index >= 15 is 0 Å². The van der Waals surface area contributed by atoms with E-state index in [1.165, 1.54) is 0 Å². The van der Waals surface area contributed by atoms with Crippen molar-refractivity contribution in [2.45, 2.75) is 32.9 Å². The van der Waals surface area contributed by atoms with E-state index in [1.54, 1.807) is 29.2 Å². The molecule has 154 valence electrons. The predicted molar refractivity (Wildman–Crippen MR) is 111 cm³/mol. The Morgan fingerprint density at radius 3 is 2.38 bits per heavy atom. The number of ether oxygens (including phenoxy) is 2. The molecule has 0 fully saturated rings. The summed E-state index contributed by atoms with van der Waals surface area (Å²) in [7, 11) is 0. The van der Waals surface area contributed by atoms with Gasteiger partial charge in [0.05, 0.1) is 6.54 Å². The number of likely N-dealkylation sites (N-methyl/N-ethyl adjacent to an activating group) is 1. The van der Waals surface area contributed by atoms with Crippen molar-refractivity contribution in [2.24, 2.45) is 5.92 Å². The second kappa shape index (κ2) is 9.45. The highest BCUT2D eigenvalue weighted by atomic mass is 16.6. The van der Waals surface area contributed by atoms with Gasteiger partial charge in [-0.05, 0) is 37.1 Å². The Balaban J connectivity index is 1.67. The number of fused-ring (bicyclic) bond motifs is 1. The summed E-state index contributed by atoms with van der Waals surface area (Å²) in [6.07, 6.45) is -0.258. The monoisotopic (exact) mass is 396 g/mol. The molecule has 1 N–H and O–H groups in total. The summed E-state index contributed by atoms with van der Waals surface area (Å²) < 4.78 is 11.8. The van der Waals surface area contributed by atoms with Crippen molar-refractivity contribution in [1.29, 1.82) is 0 Å². The van der Waals surface area contributed by atoms with Crippen LogP contribution in [-0.2, 0) is 4.79 Å². The van der Waals surface area contributed by atoms with E-state index in [9.17, 15) is 9.59 Å². The third-order valence-electron chi connectivity index (χ3n) is 4.94. The zero-order chi connectivity index (χ0) is 20.8. The molecule has 2 amide bonds. The molecule has 3 rings (SSSR count). The van der Waals surface area contributed by atoms with E-state index in [1.807, 2.05) is 51.1 Å². The van der Waals surface area contributed by atoms with Crippen molar-refractivity contribution in [3.05, 3.63) is 60.2 Å². The third-order valence-corrected chi connectivity index (χ3v) is 4.94. The summed E-state index contributed by atoms with van der Waals surface area (Å²) in [6.45, 7) is 7.07. The van der Waals surface area contributed by atoms with Gasteiger partial charge < -0.3 is 19.7 Å². The maximum absolute atomic E-state index is 13.2. The van der Waals surface area contributed by atoms with Crippen LogP contribution in [0.2, 0.25) is 0 Å². The second-order valence-electron chi connectivity index (χ2n) is 7.44. The number of para-hydroxylation sites is 2. The molecule has 2 aromatic rings. The van der Waals surface area contributed by atoms with Crippen molar-refractivity contribution in [3.63, 3.8) is 0 Å². The van der Waals surface area contributed by atoms with Crippen LogP contribution in [0.1, 0.15) is 31.1 Å². The van der Waals surface area contributed by atoms with E-state index < -0.39 is 6.04 Å². The van der Waals surface area contributed by atoms with Gasteiger partial charge in [-0.1, -0.05) is 44.2 Å². The lowest BCUT2D eigenvalue weighted by Crippen LogP contribution is -2.53. The van der Waals surface area contributed by atoms with Crippen molar-refractivity contribution in [1.82, 2.24) is 10.2 Å². The van der Waals surface area contributed by atoms with E-state index in [4.69, 9.17) is 9.47 Å². The van der Waals surface area contributed by atoms with Crippen LogP contribution < -0.4 is 14.8 Å². The van der Waals surface area contributed by atoms with Gasteiger partial charge in [0.2, 0.25) is 5.91 Å². The van der Waals surface area contributed by atoms with Gasteiger partial charge in [0.25, 0.3) is 5.91 Å². The first-order chi connectivity index (χ1) is 14.0. The van der Waals surface area contributed by atoms with Crippen LogP contribution >= 0.6 is 0 Å². The van der Waals surface area contributed by atoms with E-state index in [0.717, 1.165) is 0 Å². The highest BCUT2D eigenvalue weighted by Crippen LogP contribution is 2.31. The number of nitrogens with one attached hydrogen (secondary N) is 1. The molecular weight excluding hydrogens is 368 g/mol. The average molecular weight is 396 g/mol. The first kappa shape index (κ1) is 20.7. The van der Waals surface area contributed by atoms with E-state index in [-0.39, 0.29) is 23.8 Å². The minimum absolute atomic E-state index is 0.0477. The molecule has 0 aliphatic carbocycles. The molecule has 0 aromatic heterocycles. The molecule has 29 heavy (non-hydrogen) atoms.